The fraction of sp³-hybridized carbons (Fsp3) is 0.222. The molecule has 0 atom stereocenters. The van der Waals surface area contributed by atoms with Crippen molar-refractivity contribution in [3.05, 3.63) is 70.2 Å². The number of carbonyl (C=O) groups excluding carboxylic acids is 1. The predicted octanol–water partition coefficient (Wildman–Crippen LogP) is 4.42. The second-order valence-electron chi connectivity index (χ2n) is 5.22. The third-order valence-corrected chi connectivity index (χ3v) is 4.45. The van der Waals surface area contributed by atoms with Crippen molar-refractivity contribution in [2.24, 2.45) is 5.10 Å². The molecule has 0 aliphatic rings. The van der Waals surface area contributed by atoms with E-state index in [0.29, 0.717) is 10.8 Å². The predicted molar refractivity (Wildman–Crippen MR) is 99.1 cm³/mol. The average Bonchev–Trinajstić information content (AvgIpc) is 2.53. The SMILES string of the molecule is C/C(=N/NC(=O)CSCc1cccc(Cl)c1)c1ccc(C)cc1. The first-order valence-corrected chi connectivity index (χ1v) is 8.80. The van der Waals surface area contributed by atoms with E-state index in [1.807, 2.05) is 62.4 Å². The summed E-state index contributed by atoms with van der Waals surface area (Å²) in [5, 5.41) is 4.86. The zero-order chi connectivity index (χ0) is 16.7. The summed E-state index contributed by atoms with van der Waals surface area (Å²) in [5.74, 6) is 0.995. The molecule has 0 saturated heterocycles. The molecule has 120 valence electrons. The van der Waals surface area contributed by atoms with Gasteiger partial charge in [0.25, 0.3) is 0 Å². The molecule has 1 amide bonds. The highest BCUT2D eigenvalue weighted by molar-refractivity contribution is 7.99. The summed E-state index contributed by atoms with van der Waals surface area (Å²) in [7, 11) is 0. The lowest BCUT2D eigenvalue weighted by Gasteiger charge is -2.04. The number of halogens is 1. The van der Waals surface area contributed by atoms with E-state index in [4.69, 9.17) is 11.6 Å². The van der Waals surface area contributed by atoms with Gasteiger partial charge >= 0.3 is 0 Å². The van der Waals surface area contributed by atoms with Crippen molar-refractivity contribution in [3.63, 3.8) is 0 Å². The topological polar surface area (TPSA) is 41.5 Å². The molecule has 0 bridgehead atoms. The number of aryl methyl sites for hydroxylation is 1. The minimum atomic E-state index is -0.108. The fourth-order valence-electron chi connectivity index (χ4n) is 1.93. The van der Waals surface area contributed by atoms with Gasteiger partial charge in [0.2, 0.25) is 5.91 Å². The van der Waals surface area contributed by atoms with Crippen molar-refractivity contribution in [1.82, 2.24) is 5.43 Å². The Labute approximate surface area is 146 Å². The molecule has 0 saturated carbocycles. The van der Waals surface area contributed by atoms with Crippen molar-refractivity contribution < 1.29 is 4.79 Å². The molecule has 0 fully saturated rings. The Hall–Kier alpha value is -1.78. The number of amides is 1. The molecule has 2 aromatic carbocycles. The van der Waals surface area contributed by atoms with Crippen LogP contribution in [0.3, 0.4) is 0 Å². The Balaban J connectivity index is 1.78. The Morgan fingerprint density at radius 1 is 1.22 bits per heavy atom. The summed E-state index contributed by atoms with van der Waals surface area (Å²) >= 11 is 7.47. The number of thioether (sulfide) groups is 1. The Bertz CT molecular complexity index is 698. The summed E-state index contributed by atoms with van der Waals surface area (Å²) in [4.78, 5) is 11.8. The molecular formula is C18H19ClN2OS. The molecule has 0 aromatic heterocycles. The van der Waals surface area contributed by atoms with E-state index in [1.165, 1.54) is 17.3 Å². The lowest BCUT2D eigenvalue weighted by atomic mass is 10.1. The molecule has 23 heavy (non-hydrogen) atoms. The third-order valence-electron chi connectivity index (χ3n) is 3.21. The van der Waals surface area contributed by atoms with E-state index in [1.54, 1.807) is 0 Å². The number of nitrogens with zero attached hydrogens (tertiary/aromatic N) is 1. The quantitative estimate of drug-likeness (QED) is 0.621. The first-order valence-electron chi connectivity index (χ1n) is 7.27. The lowest BCUT2D eigenvalue weighted by molar-refractivity contribution is -0.118. The maximum atomic E-state index is 11.8. The average molecular weight is 347 g/mol. The van der Waals surface area contributed by atoms with Gasteiger partial charge in [0.1, 0.15) is 0 Å². The van der Waals surface area contributed by atoms with Gasteiger partial charge in [0, 0.05) is 10.8 Å². The second kappa shape index (κ2) is 8.75. The van der Waals surface area contributed by atoms with Gasteiger partial charge in [0.05, 0.1) is 11.5 Å². The van der Waals surface area contributed by atoms with Crippen LogP contribution in [-0.2, 0) is 10.5 Å². The molecule has 0 radical (unpaired) electrons. The highest BCUT2D eigenvalue weighted by Gasteiger charge is 2.03. The minimum absolute atomic E-state index is 0.108. The number of benzene rings is 2. The van der Waals surface area contributed by atoms with Crippen LogP contribution in [-0.4, -0.2) is 17.4 Å². The summed E-state index contributed by atoms with van der Waals surface area (Å²) in [6, 6.07) is 15.7. The molecular weight excluding hydrogens is 328 g/mol. The van der Waals surface area contributed by atoms with Crippen LogP contribution in [0.2, 0.25) is 5.02 Å². The van der Waals surface area contributed by atoms with Crippen LogP contribution in [0, 0.1) is 6.92 Å². The summed E-state index contributed by atoms with van der Waals surface area (Å²) < 4.78 is 0. The van der Waals surface area contributed by atoms with Crippen molar-refractivity contribution >= 4 is 35.0 Å². The highest BCUT2D eigenvalue weighted by atomic mass is 35.5. The summed E-state index contributed by atoms with van der Waals surface area (Å²) in [6.45, 7) is 3.92. The van der Waals surface area contributed by atoms with Gasteiger partial charge in [-0.05, 0) is 37.1 Å². The van der Waals surface area contributed by atoms with Gasteiger partial charge in [-0.25, -0.2) is 5.43 Å². The molecule has 0 unspecified atom stereocenters. The van der Waals surface area contributed by atoms with Gasteiger partial charge in [-0.15, -0.1) is 11.8 Å². The molecule has 3 nitrogen and oxygen atoms in total. The largest absolute Gasteiger partial charge is 0.272 e. The van der Waals surface area contributed by atoms with Gasteiger partial charge in [-0.2, -0.15) is 5.10 Å². The zero-order valence-electron chi connectivity index (χ0n) is 13.2. The molecule has 2 rings (SSSR count). The monoisotopic (exact) mass is 346 g/mol. The van der Waals surface area contributed by atoms with Crippen LogP contribution in [0.1, 0.15) is 23.6 Å². The summed E-state index contributed by atoms with van der Waals surface area (Å²) in [6.07, 6.45) is 0. The number of carbonyl (C=O) groups is 1. The molecule has 0 heterocycles. The van der Waals surface area contributed by atoms with E-state index in [-0.39, 0.29) is 5.91 Å². The van der Waals surface area contributed by atoms with Gasteiger partial charge in [-0.3, -0.25) is 4.79 Å². The number of hydrogen-bond donors (Lipinski definition) is 1. The minimum Gasteiger partial charge on any atom is -0.272 e. The number of rotatable bonds is 6. The maximum Gasteiger partial charge on any atom is 0.250 e. The van der Waals surface area contributed by atoms with Gasteiger partial charge in [-0.1, -0.05) is 53.6 Å². The number of hydrogen-bond acceptors (Lipinski definition) is 3. The Morgan fingerprint density at radius 3 is 2.65 bits per heavy atom. The standard InChI is InChI=1S/C18H19ClN2OS/c1-13-6-8-16(9-7-13)14(2)20-21-18(22)12-23-11-15-4-3-5-17(19)10-15/h3-10H,11-12H2,1-2H3,(H,21,22)/b20-14-. The smallest absolute Gasteiger partial charge is 0.250 e. The highest BCUT2D eigenvalue weighted by Crippen LogP contribution is 2.16. The van der Waals surface area contributed by atoms with E-state index in [2.05, 4.69) is 10.5 Å². The normalized spacial score (nSPS) is 11.3. The van der Waals surface area contributed by atoms with E-state index < -0.39 is 0 Å². The van der Waals surface area contributed by atoms with Crippen LogP contribution >= 0.6 is 23.4 Å². The van der Waals surface area contributed by atoms with Crippen LogP contribution in [0.15, 0.2) is 53.6 Å². The van der Waals surface area contributed by atoms with Crippen LogP contribution in [0.25, 0.3) is 0 Å². The van der Waals surface area contributed by atoms with Crippen LogP contribution in [0.5, 0.6) is 0 Å². The number of nitrogens with one attached hydrogen (secondary N) is 1. The van der Waals surface area contributed by atoms with Crippen LogP contribution in [0.4, 0.5) is 0 Å². The molecule has 0 spiro atoms. The molecule has 0 aliphatic carbocycles. The first-order chi connectivity index (χ1) is 11.0. The maximum absolute atomic E-state index is 11.8. The van der Waals surface area contributed by atoms with Gasteiger partial charge in [0.15, 0.2) is 0 Å². The summed E-state index contributed by atoms with van der Waals surface area (Å²) in [5.41, 5.74) is 6.69. The first kappa shape index (κ1) is 17.6. The van der Waals surface area contributed by atoms with E-state index >= 15 is 0 Å². The number of hydrazone groups is 1. The van der Waals surface area contributed by atoms with E-state index in [9.17, 15) is 4.79 Å². The van der Waals surface area contributed by atoms with Crippen molar-refractivity contribution in [2.75, 3.05) is 5.75 Å². The molecule has 5 heteroatoms. The zero-order valence-corrected chi connectivity index (χ0v) is 14.7. The Kier molecular flexibility index (Phi) is 6.68. The molecule has 2 aromatic rings. The van der Waals surface area contributed by atoms with Crippen molar-refractivity contribution in [1.29, 1.82) is 0 Å². The Morgan fingerprint density at radius 2 is 1.96 bits per heavy atom. The molecule has 0 aliphatic heterocycles. The van der Waals surface area contributed by atoms with Crippen LogP contribution < -0.4 is 5.43 Å². The van der Waals surface area contributed by atoms with Crippen molar-refractivity contribution in [2.45, 2.75) is 19.6 Å². The van der Waals surface area contributed by atoms with Crippen molar-refractivity contribution in [3.8, 4) is 0 Å². The third kappa shape index (κ3) is 6.08. The van der Waals surface area contributed by atoms with E-state index in [0.717, 1.165) is 22.6 Å². The second-order valence-corrected chi connectivity index (χ2v) is 6.64. The van der Waals surface area contributed by atoms with Gasteiger partial charge < -0.3 is 0 Å². The molecule has 1 N–H and O–H groups in total. The fourth-order valence-corrected chi connectivity index (χ4v) is 2.91. The lowest BCUT2D eigenvalue weighted by Crippen LogP contribution is -2.21.